The number of halogens is 3. The lowest BCUT2D eigenvalue weighted by atomic mass is 10.1. The predicted molar refractivity (Wildman–Crippen MR) is 120 cm³/mol. The number of nitrogens with zero attached hydrogens (tertiary/aromatic N) is 1. The fourth-order valence-corrected chi connectivity index (χ4v) is 3.30. The van der Waals surface area contributed by atoms with Gasteiger partial charge in [0.1, 0.15) is 0 Å². The van der Waals surface area contributed by atoms with Crippen LogP contribution in [-0.4, -0.2) is 51.8 Å². The van der Waals surface area contributed by atoms with E-state index in [1.54, 1.807) is 17.0 Å². The van der Waals surface area contributed by atoms with E-state index in [2.05, 4.69) is 5.32 Å². The van der Waals surface area contributed by atoms with E-state index < -0.39 is 23.6 Å². The van der Waals surface area contributed by atoms with Gasteiger partial charge in [0.25, 0.3) is 5.91 Å². The average molecular weight is 479 g/mol. The number of carbonyl (C=O) groups excluding carboxylic acids is 2. The van der Waals surface area contributed by atoms with Gasteiger partial charge in [0, 0.05) is 24.9 Å². The van der Waals surface area contributed by atoms with Gasteiger partial charge in [-0.1, -0.05) is 6.07 Å². The highest BCUT2D eigenvalue weighted by Crippen LogP contribution is 2.37. The number of nitrogens with one attached hydrogen (secondary N) is 1. The van der Waals surface area contributed by atoms with Crippen molar-refractivity contribution in [1.29, 1.82) is 0 Å². The zero-order valence-electron chi connectivity index (χ0n) is 18.4. The molecule has 1 fully saturated rings. The summed E-state index contributed by atoms with van der Waals surface area (Å²) in [5.41, 5.74) is 4.71. The number of nitrogens with two attached hydrogens (primary N) is 1. The first kappa shape index (κ1) is 24.9. The maximum atomic E-state index is 13.7. The molecular weight excluding hydrogens is 455 g/mol. The van der Waals surface area contributed by atoms with Crippen LogP contribution in [-0.2, 0) is 20.5 Å². The molecule has 1 saturated heterocycles. The number of carbonyl (C=O) groups is 2. The van der Waals surface area contributed by atoms with Gasteiger partial charge in [-0.15, -0.1) is 0 Å². The quantitative estimate of drug-likeness (QED) is 0.565. The summed E-state index contributed by atoms with van der Waals surface area (Å²) in [6.45, 7) is 1.52. The molecule has 0 bridgehead atoms. The Kier molecular flexibility index (Phi) is 8.00. The van der Waals surface area contributed by atoms with Gasteiger partial charge in [0.05, 0.1) is 31.6 Å². The molecule has 2 amide bonds. The number of hydrogen-bond acceptors (Lipinski definition) is 6. The minimum atomic E-state index is -4.65. The summed E-state index contributed by atoms with van der Waals surface area (Å²) in [5, 5.41) is 2.29. The molecule has 0 spiro atoms. The number of ether oxygens (including phenoxy) is 3. The smallest absolute Gasteiger partial charge is 0.418 e. The molecule has 0 atom stereocenters. The minimum absolute atomic E-state index is 0.276. The van der Waals surface area contributed by atoms with Gasteiger partial charge in [0.15, 0.2) is 18.1 Å². The molecule has 11 heteroatoms. The standard InChI is InChI=1S/C23H24F3N3O5/c1-32-20-12-15(2-6-19(20)34-14-21(27)30)3-7-22(31)28-18-5-4-16(13-17(18)23(24,25)26)29-8-10-33-11-9-29/h2-7,12-13H,8-11,14H2,1H3,(H2,27,30)(H,28,31)/b7-3+. The molecule has 3 N–H and O–H groups in total. The molecule has 0 unspecified atom stereocenters. The van der Waals surface area contributed by atoms with Gasteiger partial charge >= 0.3 is 6.18 Å². The molecule has 0 radical (unpaired) electrons. The van der Waals surface area contributed by atoms with E-state index in [-0.39, 0.29) is 18.0 Å². The maximum absolute atomic E-state index is 13.7. The molecule has 0 saturated carbocycles. The largest absolute Gasteiger partial charge is 0.493 e. The Morgan fingerprint density at radius 2 is 1.88 bits per heavy atom. The highest BCUT2D eigenvalue weighted by Gasteiger charge is 2.34. The molecule has 8 nitrogen and oxygen atoms in total. The highest BCUT2D eigenvalue weighted by atomic mass is 19.4. The fraction of sp³-hybridized carbons (Fsp3) is 0.304. The van der Waals surface area contributed by atoms with Crippen molar-refractivity contribution in [2.24, 2.45) is 5.73 Å². The van der Waals surface area contributed by atoms with Gasteiger partial charge < -0.3 is 30.2 Å². The monoisotopic (exact) mass is 479 g/mol. The van der Waals surface area contributed by atoms with E-state index in [1.807, 2.05) is 0 Å². The van der Waals surface area contributed by atoms with Crippen LogP contribution in [0.2, 0.25) is 0 Å². The molecule has 0 aliphatic carbocycles. The molecule has 34 heavy (non-hydrogen) atoms. The Labute approximate surface area is 194 Å². The summed E-state index contributed by atoms with van der Waals surface area (Å²) >= 11 is 0. The maximum Gasteiger partial charge on any atom is 0.418 e. The molecule has 2 aromatic carbocycles. The Morgan fingerprint density at radius 3 is 2.53 bits per heavy atom. The number of primary amides is 1. The van der Waals surface area contributed by atoms with Gasteiger partial charge in [0.2, 0.25) is 5.91 Å². The second kappa shape index (κ2) is 10.9. The second-order valence-corrected chi connectivity index (χ2v) is 7.31. The fourth-order valence-electron chi connectivity index (χ4n) is 3.30. The van der Waals surface area contributed by atoms with E-state index in [0.717, 1.165) is 12.1 Å². The molecule has 2 aromatic rings. The Bertz CT molecular complexity index is 1070. The number of hydrogen-bond donors (Lipinski definition) is 2. The van der Waals surface area contributed by atoms with Crippen LogP contribution in [0.15, 0.2) is 42.5 Å². The molecular formula is C23H24F3N3O5. The summed E-state index contributed by atoms with van der Waals surface area (Å²) < 4.78 is 56.6. The van der Waals surface area contributed by atoms with E-state index in [4.69, 9.17) is 19.9 Å². The number of alkyl halides is 3. The predicted octanol–water partition coefficient (Wildman–Crippen LogP) is 3.07. The summed E-state index contributed by atoms with van der Waals surface area (Å²) in [7, 11) is 1.39. The number of rotatable bonds is 8. The van der Waals surface area contributed by atoms with Crippen molar-refractivity contribution >= 4 is 29.3 Å². The van der Waals surface area contributed by atoms with Crippen LogP contribution in [0.5, 0.6) is 11.5 Å². The lowest BCUT2D eigenvalue weighted by molar-refractivity contribution is -0.137. The SMILES string of the molecule is COc1cc(/C=C/C(=O)Nc2ccc(N3CCOCC3)cc2C(F)(F)F)ccc1OCC(N)=O. The van der Waals surface area contributed by atoms with E-state index in [0.29, 0.717) is 43.3 Å². The Hall–Kier alpha value is -3.73. The van der Waals surface area contributed by atoms with Crippen LogP contribution in [0.25, 0.3) is 6.08 Å². The molecule has 182 valence electrons. The normalized spacial score (nSPS) is 14.2. The lowest BCUT2D eigenvalue weighted by Crippen LogP contribution is -2.36. The third-order valence-corrected chi connectivity index (χ3v) is 4.93. The first-order valence-corrected chi connectivity index (χ1v) is 10.3. The second-order valence-electron chi connectivity index (χ2n) is 7.31. The molecule has 3 rings (SSSR count). The van der Waals surface area contributed by atoms with Gasteiger partial charge in [-0.05, 0) is 42.0 Å². The van der Waals surface area contributed by atoms with Crippen LogP contribution >= 0.6 is 0 Å². The third kappa shape index (κ3) is 6.64. The molecule has 1 heterocycles. The van der Waals surface area contributed by atoms with Gasteiger partial charge in [-0.3, -0.25) is 9.59 Å². The molecule has 1 aliphatic heterocycles. The van der Waals surface area contributed by atoms with Crippen LogP contribution in [0.3, 0.4) is 0 Å². The highest BCUT2D eigenvalue weighted by molar-refractivity contribution is 6.02. The van der Waals surface area contributed by atoms with Crippen molar-refractivity contribution in [3.63, 3.8) is 0 Å². The Balaban J connectivity index is 1.74. The van der Waals surface area contributed by atoms with Crippen molar-refractivity contribution in [1.82, 2.24) is 0 Å². The van der Waals surface area contributed by atoms with E-state index in [1.165, 1.54) is 31.4 Å². The van der Waals surface area contributed by atoms with Crippen LogP contribution in [0, 0.1) is 0 Å². The Morgan fingerprint density at radius 1 is 1.15 bits per heavy atom. The number of methoxy groups -OCH3 is 1. The van der Waals surface area contributed by atoms with Crippen molar-refractivity contribution < 1.29 is 37.0 Å². The number of amides is 2. The summed E-state index contributed by atoms with van der Waals surface area (Å²) in [4.78, 5) is 25.0. The van der Waals surface area contributed by atoms with Crippen molar-refractivity contribution in [3.05, 3.63) is 53.6 Å². The van der Waals surface area contributed by atoms with Crippen molar-refractivity contribution in [2.45, 2.75) is 6.18 Å². The van der Waals surface area contributed by atoms with Gasteiger partial charge in [-0.2, -0.15) is 13.2 Å². The molecule has 0 aromatic heterocycles. The van der Waals surface area contributed by atoms with E-state index in [9.17, 15) is 22.8 Å². The topological polar surface area (TPSA) is 103 Å². The minimum Gasteiger partial charge on any atom is -0.493 e. The zero-order valence-corrected chi connectivity index (χ0v) is 18.4. The number of morpholine rings is 1. The lowest BCUT2D eigenvalue weighted by Gasteiger charge is -2.29. The van der Waals surface area contributed by atoms with Crippen LogP contribution in [0.4, 0.5) is 24.5 Å². The van der Waals surface area contributed by atoms with Crippen LogP contribution in [0.1, 0.15) is 11.1 Å². The van der Waals surface area contributed by atoms with Crippen molar-refractivity contribution in [2.75, 3.05) is 50.2 Å². The summed E-state index contributed by atoms with van der Waals surface area (Å²) in [6.07, 6.45) is -2.14. The number of benzene rings is 2. The number of anilines is 2. The van der Waals surface area contributed by atoms with Gasteiger partial charge in [-0.25, -0.2) is 0 Å². The van der Waals surface area contributed by atoms with Crippen molar-refractivity contribution in [3.8, 4) is 11.5 Å². The first-order valence-electron chi connectivity index (χ1n) is 10.3. The van der Waals surface area contributed by atoms with Crippen LogP contribution < -0.4 is 25.4 Å². The zero-order chi connectivity index (χ0) is 24.7. The van der Waals surface area contributed by atoms with E-state index >= 15 is 0 Å². The average Bonchev–Trinajstić information content (AvgIpc) is 2.81. The summed E-state index contributed by atoms with van der Waals surface area (Å²) in [5.74, 6) is -0.823. The first-order chi connectivity index (χ1) is 16.2. The summed E-state index contributed by atoms with van der Waals surface area (Å²) in [6, 6.07) is 8.45. The third-order valence-electron chi connectivity index (χ3n) is 4.93. The molecule has 1 aliphatic rings.